The molecule has 4 nitrogen and oxygen atoms in total. The van der Waals surface area contributed by atoms with Crippen LogP contribution >= 0.6 is 35.0 Å². The molecule has 1 amide bonds. The lowest BCUT2D eigenvalue weighted by atomic mass is 10.2. The Morgan fingerprint density at radius 2 is 1.92 bits per heavy atom. The Balaban J connectivity index is 1.82. The van der Waals surface area contributed by atoms with Crippen LogP contribution in [0.2, 0.25) is 10.0 Å². The predicted octanol–water partition coefficient (Wildman–Crippen LogP) is 4.89. The van der Waals surface area contributed by atoms with Crippen LogP contribution in [-0.4, -0.2) is 18.2 Å². The van der Waals surface area contributed by atoms with Gasteiger partial charge in [-0.3, -0.25) is 4.79 Å². The second-order valence-electron chi connectivity index (χ2n) is 4.85. The largest absolute Gasteiger partial charge is 0.497 e. The summed E-state index contributed by atoms with van der Waals surface area (Å²) in [6, 6.07) is 12.4. The van der Waals surface area contributed by atoms with Gasteiger partial charge in [-0.2, -0.15) is 0 Å². The molecule has 1 heterocycles. The molecule has 0 aromatic heterocycles. The number of aliphatic imine (C=N–C) groups is 1. The molecule has 0 saturated carbocycles. The van der Waals surface area contributed by atoms with Crippen LogP contribution in [0.3, 0.4) is 0 Å². The molecular weight excluding hydrogens is 367 g/mol. The van der Waals surface area contributed by atoms with Gasteiger partial charge in [0.2, 0.25) is 0 Å². The summed E-state index contributed by atoms with van der Waals surface area (Å²) in [5.41, 5.74) is 1.45. The number of hydrogen-bond acceptors (Lipinski definition) is 4. The molecule has 1 aliphatic heterocycles. The number of carbonyl (C=O) groups excluding carboxylic acids is 1. The highest BCUT2D eigenvalue weighted by atomic mass is 35.5. The lowest BCUT2D eigenvalue weighted by Crippen LogP contribution is -2.19. The number of amidine groups is 1. The molecule has 0 atom stereocenters. The molecule has 24 heavy (non-hydrogen) atoms. The van der Waals surface area contributed by atoms with Crippen LogP contribution in [0.4, 0.5) is 5.69 Å². The molecule has 0 spiro atoms. The Bertz CT molecular complexity index is 848. The van der Waals surface area contributed by atoms with E-state index in [4.69, 9.17) is 27.9 Å². The second kappa shape index (κ2) is 7.30. The Kier molecular flexibility index (Phi) is 5.14. The van der Waals surface area contributed by atoms with E-state index in [1.165, 1.54) is 11.8 Å². The molecule has 1 aliphatic rings. The number of rotatable bonds is 3. The van der Waals surface area contributed by atoms with Gasteiger partial charge in [0.1, 0.15) is 5.75 Å². The fraction of sp³-hybridized carbons (Fsp3) is 0.0588. The van der Waals surface area contributed by atoms with E-state index in [9.17, 15) is 4.79 Å². The van der Waals surface area contributed by atoms with E-state index < -0.39 is 0 Å². The SMILES string of the molecule is COc1ccc(/C=C2\SC(=Nc3ccc(Cl)cc3Cl)NC2=O)cc1. The predicted molar refractivity (Wildman–Crippen MR) is 100 cm³/mol. The van der Waals surface area contributed by atoms with Gasteiger partial charge in [-0.05, 0) is 53.7 Å². The average molecular weight is 379 g/mol. The summed E-state index contributed by atoms with van der Waals surface area (Å²) >= 11 is 13.2. The van der Waals surface area contributed by atoms with Crippen LogP contribution in [-0.2, 0) is 4.79 Å². The molecule has 2 aromatic carbocycles. The van der Waals surface area contributed by atoms with E-state index in [1.54, 1.807) is 31.4 Å². The normalized spacial score (nSPS) is 17.4. The maximum absolute atomic E-state index is 12.1. The number of nitrogens with one attached hydrogen (secondary N) is 1. The Morgan fingerprint density at radius 3 is 2.58 bits per heavy atom. The number of hydrogen-bond donors (Lipinski definition) is 1. The van der Waals surface area contributed by atoms with Crippen molar-refractivity contribution in [2.45, 2.75) is 0 Å². The van der Waals surface area contributed by atoms with Crippen LogP contribution in [0.25, 0.3) is 6.08 Å². The molecule has 1 saturated heterocycles. The first-order valence-corrected chi connectivity index (χ1v) is 8.51. The number of nitrogens with zero attached hydrogens (tertiary/aromatic N) is 1. The van der Waals surface area contributed by atoms with Gasteiger partial charge in [0.25, 0.3) is 5.91 Å². The van der Waals surface area contributed by atoms with Crippen LogP contribution in [0.1, 0.15) is 5.56 Å². The summed E-state index contributed by atoms with van der Waals surface area (Å²) < 4.78 is 5.12. The van der Waals surface area contributed by atoms with Crippen molar-refractivity contribution in [1.82, 2.24) is 5.32 Å². The van der Waals surface area contributed by atoms with E-state index in [0.717, 1.165) is 11.3 Å². The minimum absolute atomic E-state index is 0.195. The van der Waals surface area contributed by atoms with Crippen LogP contribution in [0.15, 0.2) is 52.4 Å². The first-order valence-electron chi connectivity index (χ1n) is 6.94. The standard InChI is InChI=1S/C17H12Cl2N2O2S/c1-23-12-5-2-10(3-6-12)8-15-16(22)21-17(24-15)20-14-7-4-11(18)9-13(14)19/h2-9H,1H3,(H,20,21,22)/b15-8-. The highest BCUT2D eigenvalue weighted by molar-refractivity contribution is 8.18. The Hall–Kier alpha value is -1.95. The zero-order valence-electron chi connectivity index (χ0n) is 12.5. The number of amides is 1. The number of carbonyl (C=O) groups is 1. The zero-order chi connectivity index (χ0) is 17.1. The van der Waals surface area contributed by atoms with Crippen molar-refractivity contribution in [3.05, 3.63) is 63.0 Å². The lowest BCUT2D eigenvalue weighted by Gasteiger charge is -2.00. The molecule has 0 bridgehead atoms. The summed E-state index contributed by atoms with van der Waals surface area (Å²) in [4.78, 5) is 17.0. The highest BCUT2D eigenvalue weighted by Gasteiger charge is 2.24. The van der Waals surface area contributed by atoms with Crippen molar-refractivity contribution < 1.29 is 9.53 Å². The number of benzene rings is 2. The quantitative estimate of drug-likeness (QED) is 0.773. The maximum Gasteiger partial charge on any atom is 0.264 e. The van der Waals surface area contributed by atoms with Crippen molar-refractivity contribution >= 4 is 57.8 Å². The Labute approximate surface area is 153 Å². The highest BCUT2D eigenvalue weighted by Crippen LogP contribution is 2.32. The molecule has 3 rings (SSSR count). The van der Waals surface area contributed by atoms with Gasteiger partial charge < -0.3 is 10.1 Å². The van der Waals surface area contributed by atoms with Crippen molar-refractivity contribution in [3.63, 3.8) is 0 Å². The van der Waals surface area contributed by atoms with E-state index in [1.807, 2.05) is 24.3 Å². The van der Waals surface area contributed by atoms with Gasteiger partial charge in [-0.15, -0.1) is 0 Å². The van der Waals surface area contributed by atoms with Gasteiger partial charge >= 0.3 is 0 Å². The lowest BCUT2D eigenvalue weighted by molar-refractivity contribution is -0.115. The summed E-state index contributed by atoms with van der Waals surface area (Å²) in [6.45, 7) is 0. The van der Waals surface area contributed by atoms with Crippen molar-refractivity contribution in [2.75, 3.05) is 7.11 Å². The fourth-order valence-corrected chi connectivity index (χ4v) is 3.30. The van der Waals surface area contributed by atoms with E-state index >= 15 is 0 Å². The average Bonchev–Trinajstić information content (AvgIpc) is 2.90. The molecule has 0 unspecified atom stereocenters. The zero-order valence-corrected chi connectivity index (χ0v) is 14.9. The van der Waals surface area contributed by atoms with E-state index in [-0.39, 0.29) is 5.91 Å². The number of ether oxygens (including phenoxy) is 1. The van der Waals surface area contributed by atoms with E-state index in [0.29, 0.717) is 25.8 Å². The topological polar surface area (TPSA) is 50.7 Å². The summed E-state index contributed by atoms with van der Waals surface area (Å²) in [5.74, 6) is 0.569. The number of thioether (sulfide) groups is 1. The van der Waals surface area contributed by atoms with Gasteiger partial charge in [0.05, 0.1) is 22.7 Å². The monoisotopic (exact) mass is 378 g/mol. The Morgan fingerprint density at radius 1 is 1.17 bits per heavy atom. The molecule has 0 radical (unpaired) electrons. The van der Waals surface area contributed by atoms with Crippen molar-refractivity contribution in [3.8, 4) is 5.75 Å². The van der Waals surface area contributed by atoms with Crippen LogP contribution < -0.4 is 10.1 Å². The first-order chi connectivity index (χ1) is 11.5. The van der Waals surface area contributed by atoms with E-state index in [2.05, 4.69) is 10.3 Å². The third kappa shape index (κ3) is 3.93. The summed E-state index contributed by atoms with van der Waals surface area (Å²) in [5, 5.41) is 4.16. The minimum atomic E-state index is -0.195. The molecule has 122 valence electrons. The number of methoxy groups -OCH3 is 1. The third-order valence-electron chi connectivity index (χ3n) is 3.20. The molecule has 0 aliphatic carbocycles. The molecule has 1 N–H and O–H groups in total. The molecule has 1 fully saturated rings. The number of halogens is 2. The fourth-order valence-electron chi connectivity index (χ4n) is 2.01. The van der Waals surface area contributed by atoms with Crippen LogP contribution in [0.5, 0.6) is 5.75 Å². The smallest absolute Gasteiger partial charge is 0.264 e. The van der Waals surface area contributed by atoms with Crippen LogP contribution in [0, 0.1) is 0 Å². The van der Waals surface area contributed by atoms with Gasteiger partial charge in [0, 0.05) is 5.02 Å². The van der Waals surface area contributed by atoms with Gasteiger partial charge in [-0.25, -0.2) is 4.99 Å². The first kappa shape index (κ1) is 16.9. The summed E-state index contributed by atoms with van der Waals surface area (Å²) in [7, 11) is 1.61. The third-order valence-corrected chi connectivity index (χ3v) is 4.64. The van der Waals surface area contributed by atoms with Crippen molar-refractivity contribution in [1.29, 1.82) is 0 Å². The second-order valence-corrected chi connectivity index (χ2v) is 6.72. The molecular formula is C17H12Cl2N2O2S. The maximum atomic E-state index is 12.1. The minimum Gasteiger partial charge on any atom is -0.497 e. The van der Waals surface area contributed by atoms with Gasteiger partial charge in [0.15, 0.2) is 5.17 Å². The van der Waals surface area contributed by atoms with Gasteiger partial charge in [-0.1, -0.05) is 35.3 Å². The summed E-state index contributed by atoms with van der Waals surface area (Å²) in [6.07, 6.45) is 1.80. The molecule has 2 aromatic rings. The molecule has 7 heteroatoms. The van der Waals surface area contributed by atoms with Crippen molar-refractivity contribution in [2.24, 2.45) is 4.99 Å².